The molecule has 0 radical (unpaired) electrons. The molecule has 2 rings (SSSR count). The highest BCUT2D eigenvalue weighted by atomic mass is 16.6. The minimum Gasteiger partial charge on any atom is -0.410 e. The number of hydrogen-bond donors (Lipinski definition) is 1. The summed E-state index contributed by atoms with van der Waals surface area (Å²) >= 11 is 0. The van der Waals surface area contributed by atoms with E-state index in [0.29, 0.717) is 17.7 Å². The lowest BCUT2D eigenvalue weighted by molar-refractivity contribution is 0.0969. The summed E-state index contributed by atoms with van der Waals surface area (Å²) in [5.74, 6) is 0.583. The molecule has 0 bridgehead atoms. The molecule has 1 fully saturated rings. The van der Waals surface area contributed by atoms with Crippen LogP contribution in [0.2, 0.25) is 0 Å². The highest BCUT2D eigenvalue weighted by Gasteiger charge is 2.36. The van der Waals surface area contributed by atoms with Crippen molar-refractivity contribution < 1.29 is 9.53 Å². The van der Waals surface area contributed by atoms with Gasteiger partial charge in [-0.25, -0.2) is 4.79 Å². The van der Waals surface area contributed by atoms with E-state index in [-0.39, 0.29) is 11.5 Å². The molecule has 3 heteroatoms. The first kappa shape index (κ1) is 14.9. The topological polar surface area (TPSA) is 38.3 Å². The summed E-state index contributed by atoms with van der Waals surface area (Å²) in [5.41, 5.74) is 0.551. The van der Waals surface area contributed by atoms with Crippen LogP contribution in [0.25, 0.3) is 0 Å². The molecule has 0 heterocycles. The van der Waals surface area contributed by atoms with Gasteiger partial charge in [-0.15, -0.1) is 0 Å². The number of nitrogens with one attached hydrogen (secondary N) is 1. The quantitative estimate of drug-likeness (QED) is 0.889. The predicted molar refractivity (Wildman–Crippen MR) is 80.8 cm³/mol. The van der Waals surface area contributed by atoms with E-state index in [1.807, 2.05) is 18.2 Å². The van der Waals surface area contributed by atoms with Gasteiger partial charge in [0.25, 0.3) is 0 Å². The van der Waals surface area contributed by atoms with Crippen LogP contribution in [0.4, 0.5) is 4.79 Å². The molecule has 1 aliphatic carbocycles. The zero-order valence-corrected chi connectivity index (χ0v) is 12.7. The number of para-hydroxylation sites is 1. The van der Waals surface area contributed by atoms with Gasteiger partial charge in [0.2, 0.25) is 0 Å². The van der Waals surface area contributed by atoms with Gasteiger partial charge in [-0.1, -0.05) is 45.4 Å². The molecular weight excluding hydrogens is 250 g/mol. The molecule has 3 nitrogen and oxygen atoms in total. The third-order valence-electron chi connectivity index (χ3n) is 4.15. The van der Waals surface area contributed by atoms with Gasteiger partial charge in [-0.3, -0.25) is 0 Å². The van der Waals surface area contributed by atoms with Crippen molar-refractivity contribution in [2.45, 2.75) is 46.5 Å². The van der Waals surface area contributed by atoms with Crippen molar-refractivity contribution in [3.8, 4) is 5.75 Å². The fraction of sp³-hybridized carbons (Fsp3) is 0.588. The Kier molecular flexibility index (Phi) is 4.36. The Morgan fingerprint density at radius 1 is 1.20 bits per heavy atom. The molecule has 1 unspecified atom stereocenters. The molecule has 1 aliphatic rings. The first-order valence-corrected chi connectivity index (χ1v) is 7.39. The van der Waals surface area contributed by atoms with Crippen molar-refractivity contribution in [3.63, 3.8) is 0 Å². The lowest BCUT2D eigenvalue weighted by Crippen LogP contribution is -2.41. The van der Waals surface area contributed by atoms with Crippen LogP contribution in [0.15, 0.2) is 30.3 Å². The van der Waals surface area contributed by atoms with E-state index in [4.69, 9.17) is 4.74 Å². The van der Waals surface area contributed by atoms with Gasteiger partial charge < -0.3 is 10.1 Å². The van der Waals surface area contributed by atoms with Gasteiger partial charge >= 0.3 is 6.09 Å². The van der Waals surface area contributed by atoms with Crippen LogP contribution in [-0.2, 0) is 0 Å². The normalized spacial score (nSPS) is 24.9. The van der Waals surface area contributed by atoms with Gasteiger partial charge in [-0.05, 0) is 42.2 Å². The van der Waals surface area contributed by atoms with Crippen molar-refractivity contribution in [2.75, 3.05) is 6.54 Å². The molecule has 0 saturated heterocycles. The maximum atomic E-state index is 11.8. The molecule has 1 aromatic rings. The first-order chi connectivity index (χ1) is 9.39. The third-order valence-corrected chi connectivity index (χ3v) is 4.15. The highest BCUT2D eigenvalue weighted by Crippen LogP contribution is 2.45. The average Bonchev–Trinajstić information content (AvgIpc) is 2.36. The Bertz CT molecular complexity index is 455. The fourth-order valence-electron chi connectivity index (χ4n) is 3.39. The van der Waals surface area contributed by atoms with Gasteiger partial charge in [0.15, 0.2) is 0 Å². The van der Waals surface area contributed by atoms with E-state index in [2.05, 4.69) is 26.1 Å². The van der Waals surface area contributed by atoms with E-state index < -0.39 is 0 Å². The van der Waals surface area contributed by atoms with Crippen LogP contribution in [0.1, 0.15) is 46.5 Å². The molecule has 0 aliphatic heterocycles. The largest absolute Gasteiger partial charge is 0.412 e. The van der Waals surface area contributed by atoms with E-state index in [1.165, 1.54) is 19.3 Å². The van der Waals surface area contributed by atoms with Gasteiger partial charge in [0, 0.05) is 6.54 Å². The summed E-state index contributed by atoms with van der Waals surface area (Å²) in [5, 5.41) is 2.92. The molecule has 20 heavy (non-hydrogen) atoms. The number of benzene rings is 1. The molecule has 110 valence electrons. The number of amides is 1. The maximum Gasteiger partial charge on any atom is 0.412 e. The second-order valence-corrected chi connectivity index (χ2v) is 7.06. The van der Waals surface area contributed by atoms with E-state index in [1.54, 1.807) is 12.1 Å². The summed E-state index contributed by atoms with van der Waals surface area (Å²) in [6.45, 7) is 7.57. The standard InChI is InChI=1S/C17H25NO2/c1-16(2)10-7-11-17(3,12-16)13-18-15(19)20-14-8-5-4-6-9-14/h4-6,8-9H,7,10-13H2,1-3H3,(H,18,19). The molecule has 1 amide bonds. The van der Waals surface area contributed by atoms with E-state index >= 15 is 0 Å². The van der Waals surface area contributed by atoms with Crippen LogP contribution < -0.4 is 10.1 Å². The van der Waals surface area contributed by atoms with Gasteiger partial charge in [-0.2, -0.15) is 0 Å². The molecule has 0 aromatic heterocycles. The van der Waals surface area contributed by atoms with Gasteiger partial charge in [0.05, 0.1) is 0 Å². The summed E-state index contributed by atoms with van der Waals surface area (Å²) in [6.07, 6.45) is 4.46. The number of ether oxygens (including phenoxy) is 1. The monoisotopic (exact) mass is 275 g/mol. The summed E-state index contributed by atoms with van der Waals surface area (Å²) in [6, 6.07) is 9.17. The summed E-state index contributed by atoms with van der Waals surface area (Å²) in [7, 11) is 0. The molecular formula is C17H25NO2. The smallest absolute Gasteiger partial charge is 0.410 e. The Morgan fingerprint density at radius 3 is 2.55 bits per heavy atom. The molecule has 0 spiro atoms. The summed E-state index contributed by atoms with van der Waals surface area (Å²) < 4.78 is 5.25. The Balaban J connectivity index is 1.84. The molecule has 1 saturated carbocycles. The van der Waals surface area contributed by atoms with Crippen molar-refractivity contribution >= 4 is 6.09 Å². The Hall–Kier alpha value is -1.51. The Labute approximate surface area is 121 Å². The van der Waals surface area contributed by atoms with Crippen molar-refractivity contribution in [3.05, 3.63) is 30.3 Å². The third kappa shape index (κ3) is 4.26. The molecule has 1 N–H and O–H groups in total. The lowest BCUT2D eigenvalue weighted by atomic mass is 9.64. The number of hydrogen-bond acceptors (Lipinski definition) is 2. The number of carbonyl (C=O) groups is 1. The van der Waals surface area contributed by atoms with Crippen LogP contribution in [0.5, 0.6) is 5.75 Å². The van der Waals surface area contributed by atoms with Gasteiger partial charge in [0.1, 0.15) is 5.75 Å². The van der Waals surface area contributed by atoms with Crippen LogP contribution >= 0.6 is 0 Å². The zero-order valence-electron chi connectivity index (χ0n) is 12.7. The Morgan fingerprint density at radius 2 is 1.90 bits per heavy atom. The van der Waals surface area contributed by atoms with Crippen LogP contribution in [-0.4, -0.2) is 12.6 Å². The maximum absolute atomic E-state index is 11.8. The fourth-order valence-corrected chi connectivity index (χ4v) is 3.39. The van der Waals surface area contributed by atoms with Crippen molar-refractivity contribution in [2.24, 2.45) is 10.8 Å². The van der Waals surface area contributed by atoms with Crippen molar-refractivity contribution in [1.82, 2.24) is 5.32 Å². The van der Waals surface area contributed by atoms with Crippen molar-refractivity contribution in [1.29, 1.82) is 0 Å². The van der Waals surface area contributed by atoms with E-state index in [0.717, 1.165) is 6.42 Å². The minimum atomic E-state index is -0.360. The lowest BCUT2D eigenvalue weighted by Gasteiger charge is -2.42. The SMILES string of the molecule is CC1(C)CCCC(C)(CNC(=O)Oc2ccccc2)C1. The van der Waals surface area contributed by atoms with Crippen LogP contribution in [0.3, 0.4) is 0 Å². The molecule has 1 aromatic carbocycles. The number of carbonyl (C=O) groups excluding carboxylic acids is 1. The second-order valence-electron chi connectivity index (χ2n) is 7.06. The predicted octanol–water partition coefficient (Wildman–Crippen LogP) is 4.38. The average molecular weight is 275 g/mol. The van der Waals surface area contributed by atoms with Crippen LogP contribution in [0, 0.1) is 10.8 Å². The molecule has 1 atom stereocenters. The second kappa shape index (κ2) is 5.86. The number of rotatable bonds is 3. The summed E-state index contributed by atoms with van der Waals surface area (Å²) in [4.78, 5) is 11.8. The zero-order chi connectivity index (χ0) is 14.6. The highest BCUT2D eigenvalue weighted by molar-refractivity contribution is 5.70. The van der Waals surface area contributed by atoms with E-state index in [9.17, 15) is 4.79 Å². The minimum absolute atomic E-state index is 0.178. The first-order valence-electron chi connectivity index (χ1n) is 7.39.